The molecule has 41 heavy (non-hydrogen) atoms. The van der Waals surface area contributed by atoms with Gasteiger partial charge >= 0.3 is 24.1 Å². The second kappa shape index (κ2) is 13.2. The first-order valence-corrected chi connectivity index (χ1v) is 12.7. The normalized spacial score (nSPS) is 12.7. The summed E-state index contributed by atoms with van der Waals surface area (Å²) in [7, 11) is 0. The Morgan fingerprint density at radius 2 is 1.71 bits per heavy atom. The van der Waals surface area contributed by atoms with Crippen LogP contribution in [0.25, 0.3) is 11.4 Å². The topological polar surface area (TPSA) is 95.2 Å². The van der Waals surface area contributed by atoms with Gasteiger partial charge in [0.2, 0.25) is 0 Å². The van der Waals surface area contributed by atoms with E-state index >= 15 is 0 Å². The van der Waals surface area contributed by atoms with Crippen molar-refractivity contribution in [3.63, 3.8) is 0 Å². The highest BCUT2D eigenvalue weighted by Gasteiger charge is 2.36. The predicted molar refractivity (Wildman–Crippen MR) is 136 cm³/mol. The summed E-state index contributed by atoms with van der Waals surface area (Å²) in [6.07, 6.45) is -12.2. The Morgan fingerprint density at radius 3 is 2.32 bits per heavy atom. The molecule has 0 saturated carbocycles. The fourth-order valence-corrected chi connectivity index (χ4v) is 4.17. The van der Waals surface area contributed by atoms with Crippen LogP contribution in [-0.4, -0.2) is 45.6 Å². The molecule has 1 unspecified atom stereocenters. The Labute approximate surface area is 234 Å². The van der Waals surface area contributed by atoms with Crippen molar-refractivity contribution in [3.8, 4) is 11.4 Å². The molecule has 15 heteroatoms. The smallest absolute Gasteiger partial charge is 0.416 e. The van der Waals surface area contributed by atoms with Gasteiger partial charge in [0.25, 0.3) is 0 Å². The zero-order valence-corrected chi connectivity index (χ0v) is 22.3. The minimum absolute atomic E-state index is 0.151. The van der Waals surface area contributed by atoms with Crippen molar-refractivity contribution >= 4 is 23.5 Å². The van der Waals surface area contributed by atoms with Crippen molar-refractivity contribution in [2.24, 2.45) is 0 Å². The standard InChI is InChI=1S/C26H25ClF6N4O4/c1-2-34-23(39)41-15-17(20-5-3-4-6-21(20)26(31,32)33)13-19(38)14-37-24(40)36(12-11-25(28,29)30)22(35-37)16-7-9-18(27)10-8-16/h3-10,17H,2,11-15H2,1H3,(H,34,39). The van der Waals surface area contributed by atoms with Gasteiger partial charge in [-0.25, -0.2) is 14.3 Å². The zero-order chi connectivity index (χ0) is 30.4. The van der Waals surface area contributed by atoms with Crippen LogP contribution in [0.4, 0.5) is 31.1 Å². The highest BCUT2D eigenvalue weighted by molar-refractivity contribution is 6.30. The first kappa shape index (κ1) is 31.7. The van der Waals surface area contributed by atoms with Crippen molar-refractivity contribution in [2.75, 3.05) is 13.2 Å². The summed E-state index contributed by atoms with van der Waals surface area (Å²) >= 11 is 5.87. The van der Waals surface area contributed by atoms with Gasteiger partial charge in [-0.3, -0.25) is 9.36 Å². The van der Waals surface area contributed by atoms with Gasteiger partial charge in [0, 0.05) is 36.0 Å². The molecule has 0 saturated heterocycles. The van der Waals surface area contributed by atoms with Crippen molar-refractivity contribution in [3.05, 3.63) is 75.2 Å². The highest BCUT2D eigenvalue weighted by atomic mass is 35.5. The third kappa shape index (κ3) is 8.84. The molecule has 0 radical (unpaired) electrons. The second-order valence-corrected chi connectivity index (χ2v) is 9.38. The maximum absolute atomic E-state index is 13.7. The molecule has 1 atom stereocenters. The van der Waals surface area contributed by atoms with Crippen molar-refractivity contribution < 1.29 is 40.7 Å². The van der Waals surface area contributed by atoms with E-state index in [1.54, 1.807) is 6.92 Å². The number of alkyl halides is 6. The Kier molecular flexibility index (Phi) is 10.2. The van der Waals surface area contributed by atoms with Crippen LogP contribution in [-0.2, 0) is 28.8 Å². The molecule has 1 N–H and O–H groups in total. The van der Waals surface area contributed by atoms with Crippen LogP contribution in [0.2, 0.25) is 5.02 Å². The lowest BCUT2D eigenvalue weighted by Crippen LogP contribution is -2.30. The minimum Gasteiger partial charge on any atom is -0.449 e. The number of hydrogen-bond donors (Lipinski definition) is 1. The lowest BCUT2D eigenvalue weighted by atomic mass is 9.90. The summed E-state index contributed by atoms with van der Waals surface area (Å²) in [6.45, 7) is -0.321. The van der Waals surface area contributed by atoms with Gasteiger partial charge in [0.15, 0.2) is 11.6 Å². The third-order valence-electron chi connectivity index (χ3n) is 5.89. The lowest BCUT2D eigenvalue weighted by molar-refractivity contribution is -0.139. The highest BCUT2D eigenvalue weighted by Crippen LogP contribution is 2.36. The Hall–Kier alpha value is -3.81. The minimum atomic E-state index is -4.77. The number of benzene rings is 2. The van der Waals surface area contributed by atoms with Crippen LogP contribution in [0.3, 0.4) is 0 Å². The van der Waals surface area contributed by atoms with Crippen molar-refractivity contribution in [1.82, 2.24) is 19.7 Å². The summed E-state index contributed by atoms with van der Waals surface area (Å²) < 4.78 is 86.4. The van der Waals surface area contributed by atoms with Crippen LogP contribution in [0.1, 0.15) is 36.8 Å². The number of nitrogens with zero attached hydrogens (tertiary/aromatic N) is 3. The van der Waals surface area contributed by atoms with Crippen LogP contribution in [0.5, 0.6) is 0 Å². The SMILES string of the molecule is CCNC(=O)OCC(CC(=O)Cn1nc(-c2ccc(Cl)cc2)n(CCC(F)(F)F)c1=O)c1ccccc1C(F)(F)F. The van der Waals surface area contributed by atoms with E-state index in [1.807, 2.05) is 0 Å². The first-order chi connectivity index (χ1) is 19.2. The molecule has 8 nitrogen and oxygen atoms in total. The summed E-state index contributed by atoms with van der Waals surface area (Å²) in [5.74, 6) is -2.17. The molecule has 222 valence electrons. The third-order valence-corrected chi connectivity index (χ3v) is 6.14. The molecule has 1 amide bonds. The van der Waals surface area contributed by atoms with Gasteiger partial charge in [-0.1, -0.05) is 29.8 Å². The molecule has 2 aromatic carbocycles. The Balaban J connectivity index is 1.93. The second-order valence-electron chi connectivity index (χ2n) is 8.94. The number of hydrogen-bond acceptors (Lipinski definition) is 5. The number of Topliss-reactive ketones (excluding diaryl/α,β-unsaturated/α-hetero) is 1. The molecule has 1 aromatic heterocycles. The monoisotopic (exact) mass is 606 g/mol. The lowest BCUT2D eigenvalue weighted by Gasteiger charge is -2.21. The van der Waals surface area contributed by atoms with Gasteiger partial charge in [0.05, 0.1) is 12.0 Å². The van der Waals surface area contributed by atoms with Gasteiger partial charge in [-0.05, 0) is 42.8 Å². The molecular weight excluding hydrogens is 582 g/mol. The van der Waals surface area contributed by atoms with E-state index in [1.165, 1.54) is 36.4 Å². The number of amides is 1. The molecule has 0 fully saturated rings. The maximum atomic E-state index is 13.7. The van der Waals surface area contributed by atoms with E-state index in [9.17, 15) is 40.7 Å². The van der Waals surface area contributed by atoms with Gasteiger partial charge in [-0.15, -0.1) is 5.10 Å². The molecule has 0 aliphatic rings. The average molecular weight is 607 g/mol. The van der Waals surface area contributed by atoms with E-state index in [0.29, 0.717) is 9.70 Å². The van der Waals surface area contributed by atoms with Crippen LogP contribution in [0, 0.1) is 0 Å². The maximum Gasteiger partial charge on any atom is 0.416 e. The predicted octanol–water partition coefficient (Wildman–Crippen LogP) is 5.83. The fraction of sp³-hybridized carbons (Fsp3) is 0.385. The Bertz CT molecular complexity index is 1420. The van der Waals surface area contributed by atoms with E-state index in [-0.39, 0.29) is 23.5 Å². The van der Waals surface area contributed by atoms with Crippen LogP contribution < -0.4 is 11.0 Å². The Morgan fingerprint density at radius 1 is 1.05 bits per heavy atom. The number of rotatable bonds is 11. The number of aromatic nitrogens is 3. The fourth-order valence-electron chi connectivity index (χ4n) is 4.04. The molecule has 0 aliphatic carbocycles. The van der Waals surface area contributed by atoms with Crippen molar-refractivity contribution in [1.29, 1.82) is 0 Å². The number of nitrogens with one attached hydrogen (secondary N) is 1. The number of ketones is 1. The molecule has 3 aromatic rings. The molecule has 0 bridgehead atoms. The molecule has 0 spiro atoms. The van der Waals surface area contributed by atoms with E-state index in [4.69, 9.17) is 16.3 Å². The molecule has 1 heterocycles. The van der Waals surface area contributed by atoms with Gasteiger partial charge in [-0.2, -0.15) is 26.3 Å². The number of carbonyl (C=O) groups is 2. The summed E-state index contributed by atoms with van der Waals surface area (Å²) in [5, 5.41) is 6.71. The van der Waals surface area contributed by atoms with Gasteiger partial charge < -0.3 is 10.1 Å². The van der Waals surface area contributed by atoms with E-state index < -0.39 is 73.9 Å². The average Bonchev–Trinajstić information content (AvgIpc) is 3.19. The number of carbonyl (C=O) groups excluding carboxylic acids is 2. The molecule has 3 rings (SSSR count). The summed E-state index contributed by atoms with van der Waals surface area (Å²) in [4.78, 5) is 37.9. The molecular formula is C26H25ClF6N4O4. The van der Waals surface area contributed by atoms with Crippen LogP contribution in [0.15, 0.2) is 53.3 Å². The number of halogens is 7. The number of alkyl carbamates (subject to hydrolysis) is 1. The van der Waals surface area contributed by atoms with Gasteiger partial charge in [0.1, 0.15) is 13.2 Å². The largest absolute Gasteiger partial charge is 0.449 e. The number of ether oxygens (including phenoxy) is 1. The van der Waals surface area contributed by atoms with E-state index in [0.717, 1.165) is 16.7 Å². The summed E-state index contributed by atoms with van der Waals surface area (Å²) in [6, 6.07) is 10.2. The quantitative estimate of drug-likeness (QED) is 0.277. The first-order valence-electron chi connectivity index (χ1n) is 12.3. The zero-order valence-electron chi connectivity index (χ0n) is 21.6. The molecule has 0 aliphatic heterocycles. The van der Waals surface area contributed by atoms with Crippen molar-refractivity contribution in [2.45, 2.75) is 51.1 Å². The van der Waals surface area contributed by atoms with Crippen LogP contribution >= 0.6 is 11.6 Å². The summed E-state index contributed by atoms with van der Waals surface area (Å²) in [5.41, 5.74) is -2.09. The van der Waals surface area contributed by atoms with E-state index in [2.05, 4.69) is 10.4 Å².